The number of thiophene rings is 1. The van der Waals surface area contributed by atoms with Crippen LogP contribution in [0, 0.1) is 24.2 Å². The van der Waals surface area contributed by atoms with E-state index in [0.717, 1.165) is 4.88 Å². The molecule has 1 atom stereocenters. The van der Waals surface area contributed by atoms with Crippen LogP contribution in [0.1, 0.15) is 20.2 Å². The van der Waals surface area contributed by atoms with Crippen molar-refractivity contribution in [1.29, 1.82) is 5.26 Å². The smallest absolute Gasteiger partial charge is 0.350 e. The monoisotopic (exact) mass is 292 g/mol. The molecule has 4 nitrogen and oxygen atoms in total. The van der Waals surface area contributed by atoms with Gasteiger partial charge in [0.25, 0.3) is 0 Å². The predicted molar refractivity (Wildman–Crippen MR) is 74.3 cm³/mol. The Morgan fingerprint density at radius 2 is 2.42 bits per heavy atom. The van der Waals surface area contributed by atoms with Gasteiger partial charge in [-0.3, -0.25) is 0 Å². The molecule has 0 saturated carbocycles. The van der Waals surface area contributed by atoms with Crippen LogP contribution in [0.5, 0.6) is 0 Å². The van der Waals surface area contributed by atoms with Crippen LogP contribution < -0.4 is 0 Å². The fourth-order valence-corrected chi connectivity index (χ4v) is 3.03. The second kappa shape index (κ2) is 6.45. The standard InChI is InChI=1S/C13H12N2O2S2/c1-9-12(19-8-15-9)13(16)17-7-10(6-14)5-11-3-2-4-18-11/h2-4,8,10H,5,7H2,1H3/t10-/m0/s1. The predicted octanol–water partition coefficient (Wildman–Crippen LogP) is 3.05. The van der Waals surface area contributed by atoms with Gasteiger partial charge in [-0.25, -0.2) is 9.78 Å². The molecule has 19 heavy (non-hydrogen) atoms. The first-order valence-electron chi connectivity index (χ1n) is 5.70. The minimum atomic E-state index is -0.397. The molecule has 0 aliphatic carbocycles. The zero-order chi connectivity index (χ0) is 13.7. The number of aromatic nitrogens is 1. The minimum Gasteiger partial charge on any atom is -0.460 e. The van der Waals surface area contributed by atoms with Crippen LogP contribution in [-0.2, 0) is 11.2 Å². The van der Waals surface area contributed by atoms with E-state index in [9.17, 15) is 4.79 Å². The van der Waals surface area contributed by atoms with Gasteiger partial charge in [0, 0.05) is 11.3 Å². The van der Waals surface area contributed by atoms with Crippen LogP contribution in [0.3, 0.4) is 0 Å². The Kier molecular flexibility index (Phi) is 4.66. The van der Waals surface area contributed by atoms with E-state index in [1.54, 1.807) is 23.8 Å². The third-order valence-corrected chi connectivity index (χ3v) is 4.36. The first kappa shape index (κ1) is 13.7. The number of ether oxygens (including phenoxy) is 1. The number of thiazole rings is 1. The van der Waals surface area contributed by atoms with Crippen molar-refractivity contribution in [3.8, 4) is 6.07 Å². The first-order chi connectivity index (χ1) is 9.20. The molecule has 0 unspecified atom stereocenters. The topological polar surface area (TPSA) is 63.0 Å². The lowest BCUT2D eigenvalue weighted by Crippen LogP contribution is -2.14. The quantitative estimate of drug-likeness (QED) is 0.795. The Labute approximate surface area is 119 Å². The summed E-state index contributed by atoms with van der Waals surface area (Å²) in [6.45, 7) is 1.88. The average Bonchev–Trinajstić information content (AvgIpc) is 3.05. The lowest BCUT2D eigenvalue weighted by Gasteiger charge is -2.08. The van der Waals surface area contributed by atoms with Crippen LogP contribution in [0.15, 0.2) is 23.0 Å². The number of hydrogen-bond acceptors (Lipinski definition) is 6. The lowest BCUT2D eigenvalue weighted by atomic mass is 10.1. The number of carbonyl (C=O) groups excluding carboxylic acids is 1. The molecule has 2 rings (SSSR count). The maximum absolute atomic E-state index is 11.8. The molecule has 0 aliphatic heterocycles. The van der Waals surface area contributed by atoms with E-state index in [0.29, 0.717) is 17.0 Å². The number of esters is 1. The minimum absolute atomic E-state index is 0.116. The highest BCUT2D eigenvalue weighted by Gasteiger charge is 2.17. The normalized spacial score (nSPS) is 11.8. The molecule has 0 amide bonds. The van der Waals surface area contributed by atoms with Crippen LogP contribution in [0.25, 0.3) is 0 Å². The van der Waals surface area contributed by atoms with Crippen molar-refractivity contribution in [2.24, 2.45) is 5.92 Å². The number of rotatable bonds is 5. The zero-order valence-corrected chi connectivity index (χ0v) is 12.0. The summed E-state index contributed by atoms with van der Waals surface area (Å²) in [5, 5.41) is 11.0. The van der Waals surface area contributed by atoms with Crippen LogP contribution in [0.2, 0.25) is 0 Å². The summed E-state index contributed by atoms with van der Waals surface area (Å²) in [7, 11) is 0. The Morgan fingerprint density at radius 3 is 3.00 bits per heavy atom. The Morgan fingerprint density at radius 1 is 1.58 bits per heavy atom. The van der Waals surface area contributed by atoms with E-state index in [-0.39, 0.29) is 12.5 Å². The van der Waals surface area contributed by atoms with E-state index in [2.05, 4.69) is 11.1 Å². The van der Waals surface area contributed by atoms with Crippen molar-refractivity contribution in [3.05, 3.63) is 38.5 Å². The number of nitrogens with zero attached hydrogens (tertiary/aromatic N) is 2. The Balaban J connectivity index is 1.88. The summed E-state index contributed by atoms with van der Waals surface area (Å²) < 4.78 is 5.18. The van der Waals surface area contributed by atoms with Gasteiger partial charge in [0.1, 0.15) is 11.5 Å². The van der Waals surface area contributed by atoms with Crippen molar-refractivity contribution in [3.63, 3.8) is 0 Å². The van der Waals surface area contributed by atoms with E-state index in [4.69, 9.17) is 10.00 Å². The second-order valence-corrected chi connectivity index (χ2v) is 5.86. The SMILES string of the molecule is Cc1ncsc1C(=O)OC[C@H](C#N)Cc1cccs1. The molecule has 0 radical (unpaired) electrons. The van der Waals surface area contributed by atoms with Gasteiger partial charge < -0.3 is 4.74 Å². The molecule has 2 aromatic rings. The van der Waals surface area contributed by atoms with Crippen molar-refractivity contribution >= 4 is 28.6 Å². The highest BCUT2D eigenvalue weighted by atomic mass is 32.1. The molecule has 0 N–H and O–H groups in total. The molecule has 0 aliphatic rings. The second-order valence-electron chi connectivity index (χ2n) is 3.97. The third-order valence-electron chi connectivity index (χ3n) is 2.56. The van der Waals surface area contributed by atoms with Crippen molar-refractivity contribution in [2.45, 2.75) is 13.3 Å². The van der Waals surface area contributed by atoms with Crippen molar-refractivity contribution < 1.29 is 9.53 Å². The van der Waals surface area contributed by atoms with Crippen LogP contribution >= 0.6 is 22.7 Å². The average molecular weight is 292 g/mol. The molecular weight excluding hydrogens is 280 g/mol. The van der Waals surface area contributed by atoms with E-state index >= 15 is 0 Å². The summed E-state index contributed by atoms with van der Waals surface area (Å²) in [5.41, 5.74) is 2.28. The fourth-order valence-electron chi connectivity index (χ4n) is 1.55. The number of nitriles is 1. The lowest BCUT2D eigenvalue weighted by molar-refractivity contribution is 0.0473. The van der Waals surface area contributed by atoms with E-state index in [1.807, 2.05) is 17.5 Å². The molecular formula is C13H12N2O2S2. The molecule has 6 heteroatoms. The molecule has 0 spiro atoms. The van der Waals surface area contributed by atoms with Crippen molar-refractivity contribution in [1.82, 2.24) is 4.98 Å². The summed E-state index contributed by atoms with van der Waals surface area (Å²) in [6, 6.07) is 6.09. The molecule has 0 aromatic carbocycles. The highest BCUT2D eigenvalue weighted by Crippen LogP contribution is 2.17. The van der Waals surface area contributed by atoms with E-state index in [1.165, 1.54) is 11.3 Å². The first-order valence-corrected chi connectivity index (χ1v) is 7.46. The molecule has 2 aromatic heterocycles. The van der Waals surface area contributed by atoms with Gasteiger partial charge in [-0.2, -0.15) is 5.26 Å². The van der Waals surface area contributed by atoms with Gasteiger partial charge in [-0.15, -0.1) is 22.7 Å². The van der Waals surface area contributed by atoms with Gasteiger partial charge in [-0.1, -0.05) is 6.07 Å². The van der Waals surface area contributed by atoms with Gasteiger partial charge in [0.2, 0.25) is 0 Å². The Hall–Kier alpha value is -1.71. The van der Waals surface area contributed by atoms with Gasteiger partial charge in [0.15, 0.2) is 0 Å². The molecule has 0 saturated heterocycles. The summed E-state index contributed by atoms with van der Waals surface area (Å²) >= 11 is 2.86. The molecule has 2 heterocycles. The molecule has 0 fully saturated rings. The maximum Gasteiger partial charge on any atom is 0.350 e. The highest BCUT2D eigenvalue weighted by molar-refractivity contribution is 7.11. The van der Waals surface area contributed by atoms with Gasteiger partial charge in [0.05, 0.1) is 23.2 Å². The van der Waals surface area contributed by atoms with Crippen molar-refractivity contribution in [2.75, 3.05) is 6.61 Å². The van der Waals surface area contributed by atoms with Crippen LogP contribution in [0.4, 0.5) is 0 Å². The fraction of sp³-hybridized carbons (Fsp3) is 0.308. The number of carbonyl (C=O) groups is 1. The largest absolute Gasteiger partial charge is 0.460 e. The van der Waals surface area contributed by atoms with Gasteiger partial charge >= 0.3 is 5.97 Å². The third kappa shape index (κ3) is 3.63. The summed E-state index contributed by atoms with van der Waals surface area (Å²) in [6.07, 6.45) is 0.614. The summed E-state index contributed by atoms with van der Waals surface area (Å²) in [5.74, 6) is -0.706. The zero-order valence-electron chi connectivity index (χ0n) is 10.3. The van der Waals surface area contributed by atoms with Crippen LogP contribution in [-0.4, -0.2) is 17.6 Å². The molecule has 98 valence electrons. The van der Waals surface area contributed by atoms with E-state index < -0.39 is 5.97 Å². The summed E-state index contributed by atoms with van der Waals surface area (Å²) in [4.78, 5) is 17.4. The maximum atomic E-state index is 11.8. The number of hydrogen-bond donors (Lipinski definition) is 0. The number of aryl methyl sites for hydroxylation is 1. The Bertz CT molecular complexity index is 584. The molecule has 0 bridgehead atoms. The van der Waals surface area contributed by atoms with Gasteiger partial charge in [-0.05, 0) is 18.4 Å².